The van der Waals surface area contributed by atoms with Crippen molar-refractivity contribution in [1.82, 2.24) is 16.0 Å². The fourth-order valence-electron chi connectivity index (χ4n) is 1.97. The van der Waals surface area contributed by atoms with Crippen molar-refractivity contribution in [3.05, 3.63) is 12.7 Å². The van der Waals surface area contributed by atoms with E-state index in [2.05, 4.69) is 17.2 Å². The summed E-state index contributed by atoms with van der Waals surface area (Å²) in [6.45, 7) is 6.00. The van der Waals surface area contributed by atoms with Crippen molar-refractivity contribution in [2.24, 2.45) is 5.73 Å². The topological polar surface area (TPSA) is 140 Å². The molecule has 0 rings (SSSR count). The third-order valence-electron chi connectivity index (χ3n) is 3.63. The number of ether oxygens (including phenoxy) is 1. The molecule has 0 aliphatic carbocycles. The molecule has 29 heavy (non-hydrogen) atoms. The summed E-state index contributed by atoms with van der Waals surface area (Å²) in [7, 11) is 0. The molecular formula is C17H27F3N4O5. The number of esters is 1. The van der Waals surface area contributed by atoms with Crippen LogP contribution >= 0.6 is 0 Å². The highest BCUT2D eigenvalue weighted by Crippen LogP contribution is 2.14. The average molecular weight is 424 g/mol. The lowest BCUT2D eigenvalue weighted by atomic mass is 10.1. The number of unbranched alkanes of at least 4 members (excludes halogenated alkanes) is 1. The highest BCUT2D eigenvalue weighted by Gasteiger charge is 2.38. The zero-order chi connectivity index (χ0) is 22.6. The SMILES string of the molecule is C=CCOC(=O)[C@@H](C)NC(=O)[C@@H](C)NC(=O)[C@@H](N)CCCCNC(=O)C(F)(F)F. The van der Waals surface area contributed by atoms with E-state index in [0.29, 0.717) is 6.42 Å². The maximum absolute atomic E-state index is 12.0. The third kappa shape index (κ3) is 11.1. The van der Waals surface area contributed by atoms with E-state index < -0.39 is 48.0 Å². The van der Waals surface area contributed by atoms with Crippen LogP contribution in [-0.4, -0.2) is 61.1 Å². The van der Waals surface area contributed by atoms with E-state index in [1.54, 1.807) is 5.32 Å². The summed E-state index contributed by atoms with van der Waals surface area (Å²) in [5.74, 6) is -3.94. The fourth-order valence-corrected chi connectivity index (χ4v) is 1.97. The minimum atomic E-state index is -4.94. The molecule has 3 atom stereocenters. The molecule has 9 nitrogen and oxygen atoms in total. The van der Waals surface area contributed by atoms with Crippen molar-refractivity contribution in [2.75, 3.05) is 13.2 Å². The van der Waals surface area contributed by atoms with E-state index >= 15 is 0 Å². The van der Waals surface area contributed by atoms with Gasteiger partial charge in [-0.05, 0) is 33.1 Å². The van der Waals surface area contributed by atoms with Gasteiger partial charge in [-0.3, -0.25) is 14.4 Å². The van der Waals surface area contributed by atoms with Crippen LogP contribution in [0.2, 0.25) is 0 Å². The van der Waals surface area contributed by atoms with Crippen LogP contribution in [0.5, 0.6) is 0 Å². The van der Waals surface area contributed by atoms with Crippen LogP contribution in [0.25, 0.3) is 0 Å². The van der Waals surface area contributed by atoms with Crippen LogP contribution in [-0.2, 0) is 23.9 Å². The minimum Gasteiger partial charge on any atom is -0.460 e. The molecule has 0 aromatic heterocycles. The molecule has 0 saturated heterocycles. The highest BCUT2D eigenvalue weighted by molar-refractivity contribution is 5.91. The Bertz CT molecular complexity index is 598. The first-order valence-electron chi connectivity index (χ1n) is 8.89. The van der Waals surface area contributed by atoms with E-state index in [9.17, 15) is 32.3 Å². The van der Waals surface area contributed by atoms with Crippen LogP contribution in [0.1, 0.15) is 33.1 Å². The Labute approximate surface area is 166 Å². The molecule has 0 aromatic rings. The Morgan fingerprint density at radius 3 is 2.21 bits per heavy atom. The molecule has 0 aromatic carbocycles. The van der Waals surface area contributed by atoms with E-state index in [1.165, 1.54) is 19.9 Å². The van der Waals surface area contributed by atoms with E-state index in [4.69, 9.17) is 10.5 Å². The standard InChI is InChI=1S/C17H27F3N4O5/c1-4-9-29-15(27)11(3)24-13(25)10(2)23-14(26)12(21)7-5-6-8-22-16(28)17(18,19)20/h4,10-12H,1,5-9,21H2,2-3H3,(H,22,28)(H,23,26)(H,24,25)/t10-,11-,12+/m1/s1. The smallest absolute Gasteiger partial charge is 0.460 e. The molecule has 0 saturated carbocycles. The van der Waals surface area contributed by atoms with Crippen LogP contribution in [0.3, 0.4) is 0 Å². The highest BCUT2D eigenvalue weighted by atomic mass is 19.4. The molecular weight excluding hydrogens is 397 g/mol. The van der Waals surface area contributed by atoms with Gasteiger partial charge in [0.25, 0.3) is 0 Å². The molecule has 0 spiro atoms. The summed E-state index contributed by atoms with van der Waals surface area (Å²) in [4.78, 5) is 46.2. The minimum absolute atomic E-state index is 0.0000719. The molecule has 5 N–H and O–H groups in total. The zero-order valence-electron chi connectivity index (χ0n) is 16.3. The number of rotatable bonds is 12. The molecule has 0 aliphatic heterocycles. The number of hydrogen-bond donors (Lipinski definition) is 4. The lowest BCUT2D eigenvalue weighted by molar-refractivity contribution is -0.173. The Kier molecular flexibility index (Phi) is 11.6. The van der Waals surface area contributed by atoms with Gasteiger partial charge >= 0.3 is 18.1 Å². The average Bonchev–Trinajstić information content (AvgIpc) is 2.64. The van der Waals surface area contributed by atoms with Crippen LogP contribution in [0, 0.1) is 0 Å². The second kappa shape index (κ2) is 12.8. The lowest BCUT2D eigenvalue weighted by Crippen LogP contribution is -2.52. The van der Waals surface area contributed by atoms with Gasteiger partial charge < -0.3 is 26.4 Å². The summed E-state index contributed by atoms with van der Waals surface area (Å²) in [5.41, 5.74) is 5.69. The number of carbonyl (C=O) groups is 4. The predicted octanol–water partition coefficient (Wildman–Crippen LogP) is -0.0989. The molecule has 0 aliphatic rings. The van der Waals surface area contributed by atoms with E-state index in [0.717, 1.165) is 0 Å². The van der Waals surface area contributed by atoms with E-state index in [1.807, 2.05) is 0 Å². The van der Waals surface area contributed by atoms with Gasteiger partial charge in [-0.15, -0.1) is 0 Å². The van der Waals surface area contributed by atoms with Crippen molar-refractivity contribution >= 4 is 23.7 Å². The third-order valence-corrected chi connectivity index (χ3v) is 3.63. The predicted molar refractivity (Wildman–Crippen MR) is 97.3 cm³/mol. The molecule has 12 heteroatoms. The Morgan fingerprint density at radius 2 is 1.66 bits per heavy atom. The number of halogens is 3. The maximum atomic E-state index is 12.0. The number of hydrogen-bond acceptors (Lipinski definition) is 6. The van der Waals surface area contributed by atoms with Crippen LogP contribution < -0.4 is 21.7 Å². The summed E-state index contributed by atoms with van der Waals surface area (Å²) < 4.78 is 40.8. The molecule has 0 bridgehead atoms. The van der Waals surface area contributed by atoms with Gasteiger partial charge in [0.15, 0.2) is 0 Å². The van der Waals surface area contributed by atoms with Crippen LogP contribution in [0.15, 0.2) is 12.7 Å². The maximum Gasteiger partial charge on any atom is 0.471 e. The van der Waals surface area contributed by atoms with Crippen molar-refractivity contribution in [1.29, 1.82) is 0 Å². The van der Waals surface area contributed by atoms with Crippen molar-refractivity contribution in [2.45, 2.75) is 57.4 Å². The number of nitrogens with one attached hydrogen (secondary N) is 3. The molecule has 0 fully saturated rings. The first-order chi connectivity index (χ1) is 13.4. The summed E-state index contributed by atoms with van der Waals surface area (Å²) in [6, 6.07) is -2.89. The van der Waals surface area contributed by atoms with Gasteiger partial charge in [-0.25, -0.2) is 4.79 Å². The summed E-state index contributed by atoms with van der Waals surface area (Å²) in [5, 5.41) is 6.47. The molecule has 0 unspecified atom stereocenters. The van der Waals surface area contributed by atoms with Gasteiger partial charge in [0.1, 0.15) is 18.7 Å². The molecule has 3 amide bonds. The lowest BCUT2D eigenvalue weighted by Gasteiger charge is -2.19. The van der Waals surface area contributed by atoms with Crippen LogP contribution in [0.4, 0.5) is 13.2 Å². The van der Waals surface area contributed by atoms with E-state index in [-0.39, 0.29) is 26.0 Å². The van der Waals surface area contributed by atoms with Crippen molar-refractivity contribution in [3.8, 4) is 0 Å². The number of amides is 3. The zero-order valence-corrected chi connectivity index (χ0v) is 16.3. The van der Waals surface area contributed by atoms with Gasteiger partial charge in [0.05, 0.1) is 6.04 Å². The number of alkyl halides is 3. The second-order valence-corrected chi connectivity index (χ2v) is 6.24. The molecule has 0 heterocycles. The summed E-state index contributed by atoms with van der Waals surface area (Å²) in [6.07, 6.45) is -2.93. The monoisotopic (exact) mass is 424 g/mol. The Balaban J connectivity index is 4.19. The quantitative estimate of drug-likeness (QED) is 0.196. The number of nitrogens with two attached hydrogens (primary N) is 1. The Morgan fingerprint density at radius 1 is 1.07 bits per heavy atom. The van der Waals surface area contributed by atoms with Gasteiger partial charge in [0, 0.05) is 6.54 Å². The molecule has 0 radical (unpaired) electrons. The summed E-state index contributed by atoms with van der Waals surface area (Å²) >= 11 is 0. The van der Waals surface area contributed by atoms with Gasteiger partial charge in [-0.2, -0.15) is 13.2 Å². The van der Waals surface area contributed by atoms with Gasteiger partial charge in [0.2, 0.25) is 11.8 Å². The number of carbonyl (C=O) groups excluding carboxylic acids is 4. The largest absolute Gasteiger partial charge is 0.471 e. The Hall–Kier alpha value is -2.63. The first-order valence-corrected chi connectivity index (χ1v) is 8.89. The second-order valence-electron chi connectivity index (χ2n) is 6.24. The normalized spacial score (nSPS) is 14.1. The van der Waals surface area contributed by atoms with Gasteiger partial charge in [-0.1, -0.05) is 12.7 Å². The van der Waals surface area contributed by atoms with Crippen molar-refractivity contribution in [3.63, 3.8) is 0 Å². The fraction of sp³-hybridized carbons (Fsp3) is 0.647. The molecule has 166 valence electrons. The van der Waals surface area contributed by atoms with Crippen molar-refractivity contribution < 1.29 is 37.1 Å². The first kappa shape index (κ1) is 26.4.